The molecule has 2 aromatic rings. The molecule has 0 aromatic heterocycles. The molecule has 0 spiro atoms. The fraction of sp³-hybridized carbons (Fsp3) is 0.414. The van der Waals surface area contributed by atoms with Gasteiger partial charge in [-0.15, -0.1) is 0 Å². The maximum absolute atomic E-state index is 12.9. The molecule has 5 N–H and O–H groups in total. The molecule has 2 amide bonds. The number of aliphatic hydroxyl groups is 1. The summed E-state index contributed by atoms with van der Waals surface area (Å²) in [6, 6.07) is 14.7. The molecular weight excluding hydrogens is 534 g/mol. The van der Waals surface area contributed by atoms with Gasteiger partial charge in [0.15, 0.2) is 0 Å². The molecule has 4 rings (SSSR count). The van der Waals surface area contributed by atoms with Crippen molar-refractivity contribution < 1.29 is 43.5 Å². The molecule has 12 heteroatoms. The molecule has 1 saturated heterocycles. The first kappa shape index (κ1) is 29.8. The average molecular weight is 570 g/mol. The zero-order valence-corrected chi connectivity index (χ0v) is 22.6. The zero-order valence-electron chi connectivity index (χ0n) is 22.6. The van der Waals surface area contributed by atoms with Crippen molar-refractivity contribution in [3.05, 3.63) is 71.5 Å². The van der Waals surface area contributed by atoms with Crippen molar-refractivity contribution in [1.29, 1.82) is 0 Å². The summed E-state index contributed by atoms with van der Waals surface area (Å²) in [5.74, 6) is -1.96. The Bertz CT molecular complexity index is 1240. The van der Waals surface area contributed by atoms with Crippen molar-refractivity contribution in [2.24, 2.45) is 5.73 Å². The lowest BCUT2D eigenvalue weighted by Gasteiger charge is -2.27. The third-order valence-electron chi connectivity index (χ3n) is 6.53. The molecular formula is C29H35N3O9. The first-order valence-corrected chi connectivity index (χ1v) is 13.5. The summed E-state index contributed by atoms with van der Waals surface area (Å²) in [5, 5.41) is 21.9. The molecule has 12 nitrogen and oxygen atoms in total. The summed E-state index contributed by atoms with van der Waals surface area (Å²) in [5.41, 5.74) is 7.48. The van der Waals surface area contributed by atoms with E-state index >= 15 is 0 Å². The number of nitrogens with two attached hydrogens (primary N) is 1. The summed E-state index contributed by atoms with van der Waals surface area (Å²) in [7, 11) is 0. The van der Waals surface area contributed by atoms with E-state index in [1.165, 1.54) is 0 Å². The summed E-state index contributed by atoms with van der Waals surface area (Å²) in [6.45, 7) is 1.07. The first-order chi connectivity index (χ1) is 19.8. The standard InChI is InChI=1S/C29H35N3O9/c30-12-10-25(34)31-22-15-20(8-9-23(22)40-27-17-21(33)16-24(41-27)28(35)36)18-39-29(37)32-13-4-7-26(32)38-14-11-19-5-2-1-3-6-19/h1-3,5-6,8-9,15-16,21,26-27,33H,4,7,10-14,17-18,30H2,(H,31,34)(H,35,36). The second-order valence-corrected chi connectivity index (χ2v) is 9.67. The number of hydrogen-bond acceptors (Lipinski definition) is 9. The normalized spacial score (nSPS) is 20.1. The van der Waals surface area contributed by atoms with E-state index in [1.54, 1.807) is 23.1 Å². The summed E-state index contributed by atoms with van der Waals surface area (Å²) in [6.07, 6.45) is 0.363. The number of anilines is 1. The van der Waals surface area contributed by atoms with Gasteiger partial charge in [-0.2, -0.15) is 0 Å². The van der Waals surface area contributed by atoms with Gasteiger partial charge in [-0.3, -0.25) is 9.69 Å². The fourth-order valence-electron chi connectivity index (χ4n) is 4.52. The molecule has 3 atom stereocenters. The van der Waals surface area contributed by atoms with Gasteiger partial charge in [0.25, 0.3) is 0 Å². The summed E-state index contributed by atoms with van der Waals surface area (Å²) < 4.78 is 22.7. The minimum atomic E-state index is -1.34. The minimum absolute atomic E-state index is 0.0171. The Morgan fingerprint density at radius 2 is 1.93 bits per heavy atom. The van der Waals surface area contributed by atoms with Crippen LogP contribution in [0.1, 0.15) is 36.8 Å². The SMILES string of the molecule is NCCC(=O)Nc1cc(COC(=O)N2CCCC2OCCc2ccccc2)ccc1OC1CC(O)C=C(C(=O)O)O1. The number of carboxylic acids is 1. The largest absolute Gasteiger partial charge is 0.475 e. The Morgan fingerprint density at radius 1 is 1.12 bits per heavy atom. The van der Waals surface area contributed by atoms with E-state index in [2.05, 4.69) is 5.32 Å². The van der Waals surface area contributed by atoms with Crippen molar-refractivity contribution in [3.8, 4) is 5.75 Å². The number of carbonyl (C=O) groups is 3. The molecule has 41 heavy (non-hydrogen) atoms. The monoisotopic (exact) mass is 569 g/mol. The molecule has 0 bridgehead atoms. The van der Waals surface area contributed by atoms with Gasteiger partial charge in [-0.25, -0.2) is 9.59 Å². The molecule has 2 aromatic carbocycles. The lowest BCUT2D eigenvalue weighted by Crippen LogP contribution is -2.37. The van der Waals surface area contributed by atoms with Gasteiger partial charge in [-0.05, 0) is 48.6 Å². The lowest BCUT2D eigenvalue weighted by molar-refractivity contribution is -0.146. The number of nitrogens with zero attached hydrogens (tertiary/aromatic N) is 1. The van der Waals surface area contributed by atoms with Crippen LogP contribution in [0.2, 0.25) is 0 Å². The second kappa shape index (κ2) is 14.5. The van der Waals surface area contributed by atoms with E-state index in [4.69, 9.17) is 24.7 Å². The quantitative estimate of drug-likeness (QED) is 0.298. The number of ether oxygens (including phenoxy) is 4. The second-order valence-electron chi connectivity index (χ2n) is 9.67. The average Bonchev–Trinajstić information content (AvgIpc) is 3.42. The van der Waals surface area contributed by atoms with Crippen molar-refractivity contribution >= 4 is 23.7 Å². The molecule has 0 saturated carbocycles. The minimum Gasteiger partial charge on any atom is -0.475 e. The highest BCUT2D eigenvalue weighted by Gasteiger charge is 2.31. The van der Waals surface area contributed by atoms with Crippen molar-refractivity contribution in [3.63, 3.8) is 0 Å². The van der Waals surface area contributed by atoms with Crippen LogP contribution in [0.15, 0.2) is 60.4 Å². The van der Waals surface area contributed by atoms with Gasteiger partial charge in [0.1, 0.15) is 18.6 Å². The number of amides is 2. The maximum atomic E-state index is 12.9. The van der Waals surface area contributed by atoms with Gasteiger partial charge >= 0.3 is 12.1 Å². The van der Waals surface area contributed by atoms with Crippen LogP contribution in [0.25, 0.3) is 0 Å². The molecule has 1 fully saturated rings. The Hall–Kier alpha value is -4.13. The number of carbonyl (C=O) groups excluding carboxylic acids is 2. The van der Waals surface area contributed by atoms with Gasteiger partial charge in [-0.1, -0.05) is 36.4 Å². The topological polar surface area (TPSA) is 170 Å². The fourth-order valence-corrected chi connectivity index (χ4v) is 4.52. The number of hydrogen-bond donors (Lipinski definition) is 4. The van der Waals surface area contributed by atoms with Crippen LogP contribution in [-0.2, 0) is 36.8 Å². The number of rotatable bonds is 12. The predicted octanol–water partition coefficient (Wildman–Crippen LogP) is 2.75. The summed E-state index contributed by atoms with van der Waals surface area (Å²) >= 11 is 0. The molecule has 2 heterocycles. The van der Waals surface area contributed by atoms with Crippen molar-refractivity contribution in [2.45, 2.75) is 57.3 Å². The summed E-state index contributed by atoms with van der Waals surface area (Å²) in [4.78, 5) is 38.1. The van der Waals surface area contributed by atoms with Crippen LogP contribution in [0.4, 0.5) is 10.5 Å². The van der Waals surface area contributed by atoms with Crippen LogP contribution >= 0.6 is 0 Å². The Labute approximate surface area is 237 Å². The maximum Gasteiger partial charge on any atom is 0.412 e. The smallest absolute Gasteiger partial charge is 0.412 e. The van der Waals surface area contributed by atoms with Crippen LogP contribution in [0, 0.1) is 0 Å². The van der Waals surface area contributed by atoms with Crippen LogP contribution in [0.3, 0.4) is 0 Å². The van der Waals surface area contributed by atoms with E-state index < -0.39 is 30.2 Å². The van der Waals surface area contributed by atoms with E-state index in [9.17, 15) is 24.6 Å². The number of nitrogens with one attached hydrogen (secondary N) is 1. The first-order valence-electron chi connectivity index (χ1n) is 13.5. The molecule has 2 aliphatic rings. The Morgan fingerprint density at radius 3 is 2.68 bits per heavy atom. The number of likely N-dealkylation sites (tertiary alicyclic amines) is 1. The van der Waals surface area contributed by atoms with Crippen molar-refractivity contribution in [2.75, 3.05) is 25.0 Å². The Balaban J connectivity index is 1.37. The van der Waals surface area contributed by atoms with Gasteiger partial charge in [0.2, 0.25) is 18.0 Å². The highest BCUT2D eigenvalue weighted by atomic mass is 16.7. The molecule has 220 valence electrons. The highest BCUT2D eigenvalue weighted by Crippen LogP contribution is 2.30. The number of aliphatic carboxylic acids is 1. The molecule has 3 unspecified atom stereocenters. The van der Waals surface area contributed by atoms with Crippen LogP contribution in [0.5, 0.6) is 5.75 Å². The van der Waals surface area contributed by atoms with E-state index in [0.29, 0.717) is 18.7 Å². The molecule has 0 aliphatic carbocycles. The molecule has 2 aliphatic heterocycles. The number of benzene rings is 2. The van der Waals surface area contributed by atoms with E-state index in [1.807, 2.05) is 30.3 Å². The van der Waals surface area contributed by atoms with E-state index in [-0.39, 0.29) is 49.6 Å². The highest BCUT2D eigenvalue weighted by molar-refractivity contribution is 5.92. The molecule has 0 radical (unpaired) electrons. The van der Waals surface area contributed by atoms with Gasteiger partial charge < -0.3 is 40.2 Å². The zero-order chi connectivity index (χ0) is 29.2. The predicted molar refractivity (Wildman–Crippen MR) is 147 cm³/mol. The van der Waals surface area contributed by atoms with Gasteiger partial charge in [0, 0.05) is 19.5 Å². The Kier molecular flexibility index (Phi) is 10.5. The number of carboxylic acid groups (broad SMARTS) is 1. The van der Waals surface area contributed by atoms with Crippen molar-refractivity contribution in [1.82, 2.24) is 4.90 Å². The lowest BCUT2D eigenvalue weighted by atomic mass is 10.1. The number of aliphatic hydroxyl groups excluding tert-OH is 1. The van der Waals surface area contributed by atoms with E-state index in [0.717, 1.165) is 30.9 Å². The van der Waals surface area contributed by atoms with Crippen LogP contribution in [-0.4, -0.2) is 71.4 Å². The van der Waals surface area contributed by atoms with Gasteiger partial charge in [0.05, 0.1) is 24.8 Å². The third kappa shape index (κ3) is 8.68. The van der Waals surface area contributed by atoms with Crippen LogP contribution < -0.4 is 15.8 Å². The third-order valence-corrected chi connectivity index (χ3v) is 6.53.